The number of nitrogens with one attached hydrogen (secondary N) is 1. The summed E-state index contributed by atoms with van der Waals surface area (Å²) < 4.78 is 17.1. The lowest BCUT2D eigenvalue weighted by atomic mass is 10.1. The molecule has 0 aliphatic carbocycles. The summed E-state index contributed by atoms with van der Waals surface area (Å²) in [5, 5.41) is 2.58. The van der Waals surface area contributed by atoms with Crippen molar-refractivity contribution >= 4 is 17.5 Å². The van der Waals surface area contributed by atoms with Crippen molar-refractivity contribution in [3.8, 4) is 17.2 Å². The van der Waals surface area contributed by atoms with Crippen molar-refractivity contribution in [1.29, 1.82) is 0 Å². The number of hydrogen-bond acceptors (Lipinski definition) is 5. The molecule has 154 valence electrons. The van der Waals surface area contributed by atoms with Gasteiger partial charge in [-0.05, 0) is 37.6 Å². The molecule has 1 N–H and O–H groups in total. The fourth-order valence-electron chi connectivity index (χ4n) is 3.15. The molecule has 0 unspecified atom stereocenters. The molecule has 29 heavy (non-hydrogen) atoms. The van der Waals surface area contributed by atoms with Crippen molar-refractivity contribution in [3.05, 3.63) is 48.5 Å². The number of benzene rings is 2. The third-order valence-corrected chi connectivity index (χ3v) is 4.56. The lowest BCUT2D eigenvalue weighted by molar-refractivity contribution is -0.128. The zero-order chi connectivity index (χ0) is 20.6. The average Bonchev–Trinajstić information content (AvgIpc) is 2.76. The Morgan fingerprint density at radius 1 is 1.10 bits per heavy atom. The molecule has 7 nitrogen and oxygen atoms in total. The first-order valence-electron chi connectivity index (χ1n) is 9.76. The van der Waals surface area contributed by atoms with E-state index in [9.17, 15) is 9.59 Å². The van der Waals surface area contributed by atoms with E-state index in [0.717, 1.165) is 0 Å². The van der Waals surface area contributed by atoms with Crippen LogP contribution in [0.1, 0.15) is 19.8 Å². The smallest absolute Gasteiger partial charge is 0.262 e. The van der Waals surface area contributed by atoms with Crippen LogP contribution >= 0.6 is 0 Å². The fraction of sp³-hybridized carbons (Fsp3) is 0.364. The summed E-state index contributed by atoms with van der Waals surface area (Å²) in [6.07, 6.45) is 0.114. The van der Waals surface area contributed by atoms with Gasteiger partial charge in [0.05, 0.1) is 25.4 Å². The summed E-state index contributed by atoms with van der Waals surface area (Å²) in [5.74, 6) is 1.56. The molecule has 2 amide bonds. The number of nitrogens with zero attached hydrogens (tertiary/aromatic N) is 1. The lowest BCUT2D eigenvalue weighted by Gasteiger charge is -2.34. The van der Waals surface area contributed by atoms with E-state index in [2.05, 4.69) is 5.32 Å². The summed E-state index contributed by atoms with van der Waals surface area (Å²) in [6, 6.07) is 14.7. The molecule has 1 atom stereocenters. The molecule has 1 aliphatic heterocycles. The van der Waals surface area contributed by atoms with Gasteiger partial charge in [0, 0.05) is 13.5 Å². The number of anilines is 1. The van der Waals surface area contributed by atoms with E-state index in [1.165, 1.54) is 0 Å². The first-order chi connectivity index (χ1) is 14.1. The quantitative estimate of drug-likeness (QED) is 0.692. The minimum Gasteiger partial charge on any atom is -0.490 e. The number of amides is 2. The van der Waals surface area contributed by atoms with Crippen molar-refractivity contribution in [2.75, 3.05) is 31.7 Å². The van der Waals surface area contributed by atoms with Gasteiger partial charge < -0.3 is 24.4 Å². The van der Waals surface area contributed by atoms with Gasteiger partial charge in [-0.15, -0.1) is 0 Å². The molecule has 0 bridgehead atoms. The molecule has 2 aromatic rings. The van der Waals surface area contributed by atoms with Crippen molar-refractivity contribution in [1.82, 2.24) is 5.32 Å². The molecule has 2 aromatic carbocycles. The van der Waals surface area contributed by atoms with Crippen LogP contribution in [0.15, 0.2) is 48.5 Å². The van der Waals surface area contributed by atoms with Crippen molar-refractivity contribution < 1.29 is 23.8 Å². The first kappa shape index (κ1) is 20.5. The summed E-state index contributed by atoms with van der Waals surface area (Å²) in [5.41, 5.74) is 0.681. The van der Waals surface area contributed by atoms with Gasteiger partial charge in [0.2, 0.25) is 5.91 Å². The molecule has 0 aromatic heterocycles. The SMILES string of the molecule is CCOc1ccccc1OCCCC(=O)N1C[C@H](C(=O)NC)Oc2ccccc21. The largest absolute Gasteiger partial charge is 0.490 e. The molecule has 0 saturated heterocycles. The van der Waals surface area contributed by atoms with Crippen molar-refractivity contribution in [2.45, 2.75) is 25.9 Å². The number of ether oxygens (including phenoxy) is 3. The first-order valence-corrected chi connectivity index (χ1v) is 9.76. The second-order valence-corrected chi connectivity index (χ2v) is 6.52. The van der Waals surface area contributed by atoms with Crippen molar-refractivity contribution in [3.63, 3.8) is 0 Å². The predicted octanol–water partition coefficient (Wildman–Crippen LogP) is 2.78. The zero-order valence-corrected chi connectivity index (χ0v) is 16.7. The fourth-order valence-corrected chi connectivity index (χ4v) is 3.15. The highest BCUT2D eigenvalue weighted by atomic mass is 16.5. The normalized spacial score (nSPS) is 15.1. The lowest BCUT2D eigenvalue weighted by Crippen LogP contribution is -2.50. The average molecular weight is 398 g/mol. The van der Waals surface area contributed by atoms with Crippen LogP contribution in [-0.2, 0) is 9.59 Å². The highest BCUT2D eigenvalue weighted by Crippen LogP contribution is 2.33. The van der Waals surface area contributed by atoms with Crippen LogP contribution < -0.4 is 24.4 Å². The van der Waals surface area contributed by atoms with Gasteiger partial charge in [0.25, 0.3) is 5.91 Å². The Hall–Kier alpha value is -3.22. The third kappa shape index (κ3) is 4.99. The van der Waals surface area contributed by atoms with E-state index in [4.69, 9.17) is 14.2 Å². The van der Waals surface area contributed by atoms with Gasteiger partial charge in [-0.1, -0.05) is 24.3 Å². The van der Waals surface area contributed by atoms with Crippen LogP contribution in [-0.4, -0.2) is 44.7 Å². The van der Waals surface area contributed by atoms with Crippen LogP contribution in [0.25, 0.3) is 0 Å². The third-order valence-electron chi connectivity index (χ3n) is 4.56. The molecular formula is C22H26N2O5. The number of carbonyl (C=O) groups is 2. The number of rotatable bonds is 8. The van der Waals surface area contributed by atoms with E-state index in [1.54, 1.807) is 18.0 Å². The number of carbonyl (C=O) groups excluding carboxylic acids is 2. The minimum absolute atomic E-state index is 0.0728. The molecule has 0 fully saturated rings. The molecule has 0 spiro atoms. The van der Waals surface area contributed by atoms with Crippen LogP contribution in [0.3, 0.4) is 0 Å². The predicted molar refractivity (Wildman–Crippen MR) is 110 cm³/mol. The van der Waals surface area contributed by atoms with E-state index in [0.29, 0.717) is 49.0 Å². The Morgan fingerprint density at radius 2 is 1.79 bits per heavy atom. The Labute approximate surface area is 170 Å². The van der Waals surface area contributed by atoms with Crippen LogP contribution in [0.4, 0.5) is 5.69 Å². The Kier molecular flexibility index (Phi) is 6.94. The molecule has 3 rings (SSSR count). The minimum atomic E-state index is -0.729. The molecule has 7 heteroatoms. The van der Waals surface area contributed by atoms with Crippen LogP contribution in [0.2, 0.25) is 0 Å². The van der Waals surface area contributed by atoms with Gasteiger partial charge in [0.15, 0.2) is 17.6 Å². The maximum absolute atomic E-state index is 12.9. The topological polar surface area (TPSA) is 77.1 Å². The maximum Gasteiger partial charge on any atom is 0.262 e. The van der Waals surface area contributed by atoms with Gasteiger partial charge in [-0.25, -0.2) is 0 Å². The van der Waals surface area contributed by atoms with Crippen LogP contribution in [0, 0.1) is 0 Å². The zero-order valence-electron chi connectivity index (χ0n) is 16.7. The monoisotopic (exact) mass is 398 g/mol. The van der Waals surface area contributed by atoms with E-state index < -0.39 is 6.10 Å². The standard InChI is InChI=1S/C22H26N2O5/c1-3-27-18-11-6-7-12-19(18)28-14-8-13-21(25)24-15-20(22(26)23-2)29-17-10-5-4-9-16(17)24/h4-7,9-12,20H,3,8,13-15H2,1-2H3,(H,23,26)/t20-/m1/s1. The number of fused-ring (bicyclic) bond motifs is 1. The van der Waals surface area contributed by atoms with Crippen molar-refractivity contribution in [2.24, 2.45) is 0 Å². The van der Waals surface area contributed by atoms with Gasteiger partial charge in [-0.2, -0.15) is 0 Å². The van der Waals surface area contributed by atoms with Gasteiger partial charge in [0.1, 0.15) is 5.75 Å². The van der Waals surface area contributed by atoms with Gasteiger partial charge >= 0.3 is 0 Å². The summed E-state index contributed by atoms with van der Waals surface area (Å²) in [6.45, 7) is 3.05. The molecule has 1 aliphatic rings. The molecule has 0 radical (unpaired) electrons. The molecule has 1 heterocycles. The Morgan fingerprint density at radius 3 is 2.52 bits per heavy atom. The van der Waals surface area contributed by atoms with Crippen LogP contribution in [0.5, 0.6) is 17.2 Å². The number of hydrogen-bond donors (Lipinski definition) is 1. The van der Waals surface area contributed by atoms with E-state index in [-0.39, 0.29) is 18.4 Å². The van der Waals surface area contributed by atoms with Gasteiger partial charge in [-0.3, -0.25) is 9.59 Å². The highest BCUT2D eigenvalue weighted by Gasteiger charge is 2.32. The Balaban J connectivity index is 1.59. The summed E-state index contributed by atoms with van der Waals surface area (Å²) >= 11 is 0. The molecule has 0 saturated carbocycles. The maximum atomic E-state index is 12.9. The second-order valence-electron chi connectivity index (χ2n) is 6.52. The summed E-state index contributed by atoms with van der Waals surface area (Å²) in [4.78, 5) is 26.5. The highest BCUT2D eigenvalue weighted by molar-refractivity contribution is 5.97. The Bertz CT molecular complexity index is 855. The summed E-state index contributed by atoms with van der Waals surface area (Å²) in [7, 11) is 1.55. The van der Waals surface area contributed by atoms with E-state index >= 15 is 0 Å². The second kappa shape index (κ2) is 9.82. The number of para-hydroxylation sites is 4. The molecular weight excluding hydrogens is 372 g/mol. The number of likely N-dealkylation sites (N-methyl/N-ethyl adjacent to an activating group) is 1. The van der Waals surface area contributed by atoms with E-state index in [1.807, 2.05) is 49.4 Å².